The van der Waals surface area contributed by atoms with Crippen LogP contribution in [-0.2, 0) is 11.2 Å². The topological polar surface area (TPSA) is 74.5 Å². The van der Waals surface area contributed by atoms with Gasteiger partial charge in [-0.3, -0.25) is 0 Å². The fourth-order valence-corrected chi connectivity index (χ4v) is 3.71. The first-order chi connectivity index (χ1) is 16.1. The highest BCUT2D eigenvalue weighted by atomic mass is 16.5. The zero-order valence-electron chi connectivity index (χ0n) is 19.2. The quantitative estimate of drug-likeness (QED) is 0.528. The predicted molar refractivity (Wildman–Crippen MR) is 129 cm³/mol. The van der Waals surface area contributed by atoms with E-state index in [-0.39, 0.29) is 0 Å². The second-order valence-electron chi connectivity index (χ2n) is 8.28. The van der Waals surface area contributed by atoms with E-state index in [9.17, 15) is 5.26 Å². The summed E-state index contributed by atoms with van der Waals surface area (Å²) in [5.74, 6) is 1.34. The molecule has 33 heavy (non-hydrogen) atoms. The van der Waals surface area contributed by atoms with Crippen LogP contribution in [0.2, 0.25) is 0 Å². The van der Waals surface area contributed by atoms with Crippen molar-refractivity contribution < 1.29 is 9.47 Å². The molecule has 0 N–H and O–H groups in total. The summed E-state index contributed by atoms with van der Waals surface area (Å²) in [6, 6.07) is 18.3. The van der Waals surface area contributed by atoms with E-state index in [1.807, 2.05) is 43.3 Å². The third-order valence-electron chi connectivity index (χ3n) is 5.57. The van der Waals surface area contributed by atoms with Gasteiger partial charge in [0, 0.05) is 43.5 Å². The van der Waals surface area contributed by atoms with Crippen LogP contribution in [0.1, 0.15) is 17.0 Å². The number of nitrogens with zero attached hydrogens (tertiary/aromatic N) is 5. The molecule has 3 aromatic rings. The Morgan fingerprint density at radius 2 is 1.88 bits per heavy atom. The van der Waals surface area contributed by atoms with Crippen LogP contribution in [0.4, 0.5) is 5.69 Å². The molecule has 0 unspecified atom stereocenters. The molecule has 1 aromatic heterocycles. The van der Waals surface area contributed by atoms with Crippen LogP contribution in [0.3, 0.4) is 0 Å². The van der Waals surface area contributed by atoms with Gasteiger partial charge in [-0.15, -0.1) is 0 Å². The third-order valence-corrected chi connectivity index (χ3v) is 5.57. The van der Waals surface area contributed by atoms with Crippen LogP contribution in [0.5, 0.6) is 5.75 Å². The summed E-state index contributed by atoms with van der Waals surface area (Å²) < 4.78 is 11.2. The van der Waals surface area contributed by atoms with Crippen LogP contribution in [-0.4, -0.2) is 68.4 Å². The van der Waals surface area contributed by atoms with Crippen LogP contribution in [0.15, 0.2) is 54.7 Å². The molecule has 0 amide bonds. The van der Waals surface area contributed by atoms with Gasteiger partial charge in [0.15, 0.2) is 0 Å². The van der Waals surface area contributed by atoms with Crippen LogP contribution >= 0.6 is 0 Å². The molecule has 0 atom stereocenters. The summed E-state index contributed by atoms with van der Waals surface area (Å²) in [6.07, 6.45) is 2.42. The van der Waals surface area contributed by atoms with Crippen molar-refractivity contribution in [3.63, 3.8) is 0 Å². The van der Waals surface area contributed by atoms with E-state index in [1.165, 1.54) is 5.69 Å². The Kier molecular flexibility index (Phi) is 7.51. The van der Waals surface area contributed by atoms with Gasteiger partial charge in [-0.2, -0.15) is 5.26 Å². The highest BCUT2D eigenvalue weighted by Gasteiger charge is 2.12. The van der Waals surface area contributed by atoms with Gasteiger partial charge in [0.2, 0.25) is 0 Å². The fourth-order valence-electron chi connectivity index (χ4n) is 3.71. The maximum Gasteiger partial charge on any atom is 0.137 e. The van der Waals surface area contributed by atoms with Crippen LogP contribution < -0.4 is 9.64 Å². The number of ether oxygens (including phenoxy) is 2. The molecule has 7 nitrogen and oxygen atoms in total. The third kappa shape index (κ3) is 6.07. The van der Waals surface area contributed by atoms with Crippen molar-refractivity contribution in [2.45, 2.75) is 6.42 Å². The zero-order valence-corrected chi connectivity index (χ0v) is 19.2. The molecule has 4 rings (SSSR count). The molecule has 170 valence electrons. The van der Waals surface area contributed by atoms with E-state index < -0.39 is 0 Å². The number of nitriles is 1. The normalized spacial score (nSPS) is 13.7. The van der Waals surface area contributed by atoms with E-state index in [1.54, 1.807) is 6.20 Å². The molecule has 1 fully saturated rings. The molecule has 1 aliphatic rings. The van der Waals surface area contributed by atoms with Gasteiger partial charge in [0.05, 0.1) is 24.5 Å². The number of morpholine rings is 1. The second-order valence-corrected chi connectivity index (χ2v) is 8.28. The summed E-state index contributed by atoms with van der Waals surface area (Å²) in [5, 5.41) is 9.58. The second kappa shape index (κ2) is 10.9. The number of benzene rings is 2. The molecule has 0 spiro atoms. The van der Waals surface area contributed by atoms with Crippen LogP contribution in [0.25, 0.3) is 11.3 Å². The molecule has 1 saturated heterocycles. The smallest absolute Gasteiger partial charge is 0.137 e. The van der Waals surface area contributed by atoms with Crippen molar-refractivity contribution in [1.29, 1.82) is 5.26 Å². The number of hydrogen-bond donors (Lipinski definition) is 0. The first-order valence-electron chi connectivity index (χ1n) is 11.2. The number of likely N-dealkylation sites (N-methyl/N-ethyl adjacent to an activating group) is 1. The summed E-state index contributed by atoms with van der Waals surface area (Å²) >= 11 is 0. The molecule has 1 aliphatic heterocycles. The number of aromatic nitrogens is 2. The van der Waals surface area contributed by atoms with E-state index >= 15 is 0 Å². The van der Waals surface area contributed by atoms with Gasteiger partial charge < -0.3 is 19.3 Å². The van der Waals surface area contributed by atoms with Gasteiger partial charge in [0.1, 0.15) is 24.3 Å². The Bertz CT molecular complexity index is 1100. The lowest BCUT2D eigenvalue weighted by Gasteiger charge is -2.28. The average molecular weight is 444 g/mol. The van der Waals surface area contributed by atoms with Crippen molar-refractivity contribution in [2.24, 2.45) is 0 Å². The van der Waals surface area contributed by atoms with Gasteiger partial charge in [-0.05, 0) is 56.1 Å². The standard InChI is InChI=1S/C26H29N5O2/c1-30(2)11-16-33-25-8-5-21(18-22(25)19-27)24-9-10-28-26(29-24)17-20-3-6-23(7-4-20)31-12-14-32-15-13-31/h3-10,18H,11-17H2,1-2H3. The predicted octanol–water partition coefficient (Wildman–Crippen LogP) is 3.38. The summed E-state index contributed by atoms with van der Waals surface area (Å²) in [7, 11) is 3.98. The molecule has 2 aromatic carbocycles. The highest BCUT2D eigenvalue weighted by Crippen LogP contribution is 2.26. The minimum absolute atomic E-state index is 0.505. The maximum atomic E-state index is 9.58. The van der Waals surface area contributed by atoms with Crippen molar-refractivity contribution in [2.75, 3.05) is 58.5 Å². The molecule has 0 aliphatic carbocycles. The largest absolute Gasteiger partial charge is 0.491 e. The Balaban J connectivity index is 1.46. The summed E-state index contributed by atoms with van der Waals surface area (Å²) in [6.45, 7) is 4.72. The Morgan fingerprint density at radius 3 is 2.61 bits per heavy atom. The summed E-state index contributed by atoms with van der Waals surface area (Å²) in [4.78, 5) is 13.6. The Morgan fingerprint density at radius 1 is 1.09 bits per heavy atom. The monoisotopic (exact) mass is 443 g/mol. The van der Waals surface area contributed by atoms with Crippen molar-refractivity contribution >= 4 is 5.69 Å². The van der Waals surface area contributed by atoms with Gasteiger partial charge in [-0.1, -0.05) is 12.1 Å². The van der Waals surface area contributed by atoms with Crippen molar-refractivity contribution in [1.82, 2.24) is 14.9 Å². The minimum atomic E-state index is 0.505. The van der Waals surface area contributed by atoms with Gasteiger partial charge >= 0.3 is 0 Å². The number of anilines is 1. The molecule has 0 bridgehead atoms. The number of hydrogen-bond acceptors (Lipinski definition) is 7. The lowest BCUT2D eigenvalue weighted by atomic mass is 10.1. The molecular formula is C26H29N5O2. The van der Waals surface area contributed by atoms with Crippen molar-refractivity contribution in [3.8, 4) is 23.1 Å². The molecule has 2 heterocycles. The molecule has 0 saturated carbocycles. The SMILES string of the molecule is CN(C)CCOc1ccc(-c2ccnc(Cc3ccc(N4CCOCC4)cc3)n2)cc1C#N. The number of rotatable bonds is 8. The first kappa shape index (κ1) is 22.7. The molecule has 0 radical (unpaired) electrons. The Labute approximate surface area is 195 Å². The maximum absolute atomic E-state index is 9.58. The van der Waals surface area contributed by atoms with E-state index in [0.29, 0.717) is 24.3 Å². The lowest BCUT2D eigenvalue weighted by Crippen LogP contribution is -2.36. The van der Waals surface area contributed by atoms with E-state index in [2.05, 4.69) is 40.2 Å². The van der Waals surface area contributed by atoms with Gasteiger partial charge in [0.25, 0.3) is 0 Å². The minimum Gasteiger partial charge on any atom is -0.491 e. The lowest BCUT2D eigenvalue weighted by molar-refractivity contribution is 0.122. The summed E-state index contributed by atoms with van der Waals surface area (Å²) in [5.41, 5.74) is 4.55. The fraction of sp³-hybridized carbons (Fsp3) is 0.346. The highest BCUT2D eigenvalue weighted by molar-refractivity contribution is 5.64. The Hall–Kier alpha value is -3.47. The average Bonchev–Trinajstić information content (AvgIpc) is 2.85. The molecular weight excluding hydrogens is 414 g/mol. The first-order valence-corrected chi connectivity index (χ1v) is 11.2. The van der Waals surface area contributed by atoms with Crippen molar-refractivity contribution in [3.05, 3.63) is 71.7 Å². The zero-order chi connectivity index (χ0) is 23.0. The van der Waals surface area contributed by atoms with E-state index in [4.69, 9.17) is 14.5 Å². The van der Waals surface area contributed by atoms with Crippen LogP contribution in [0, 0.1) is 11.3 Å². The van der Waals surface area contributed by atoms with E-state index in [0.717, 1.165) is 55.5 Å². The van der Waals surface area contributed by atoms with Gasteiger partial charge in [-0.25, -0.2) is 9.97 Å². The molecule has 7 heteroatoms.